The van der Waals surface area contributed by atoms with Crippen molar-refractivity contribution in [2.45, 2.75) is 0 Å². The number of pyridine rings is 1. The van der Waals surface area contributed by atoms with Gasteiger partial charge in [0.15, 0.2) is 0 Å². The number of hydrogen-bond donors (Lipinski definition) is 0. The molecule has 8 rings (SSSR count). The monoisotopic (exact) mass is 496 g/mol. The highest BCUT2D eigenvalue weighted by Crippen LogP contribution is 2.43. The van der Waals surface area contributed by atoms with Crippen LogP contribution in [-0.2, 0) is 0 Å². The van der Waals surface area contributed by atoms with E-state index in [2.05, 4.69) is 143 Å². The van der Waals surface area contributed by atoms with Crippen LogP contribution in [0.3, 0.4) is 0 Å². The molecular weight excluding hydrogens is 472 g/mol. The molecule has 0 aliphatic rings. The zero-order valence-corrected chi connectivity index (χ0v) is 21.3. The summed E-state index contributed by atoms with van der Waals surface area (Å²) in [5.74, 6) is 0. The molecule has 0 aliphatic carbocycles. The molecule has 0 saturated heterocycles. The number of aromatic nitrogens is 2. The van der Waals surface area contributed by atoms with Crippen LogP contribution in [0.5, 0.6) is 0 Å². The highest BCUT2D eigenvalue weighted by Gasteiger charge is 2.17. The molecule has 182 valence electrons. The Morgan fingerprint density at radius 1 is 0.359 bits per heavy atom. The van der Waals surface area contributed by atoms with E-state index in [0.717, 1.165) is 5.69 Å². The van der Waals surface area contributed by atoms with Gasteiger partial charge in [-0.05, 0) is 80.2 Å². The van der Waals surface area contributed by atoms with Crippen molar-refractivity contribution in [3.05, 3.63) is 146 Å². The van der Waals surface area contributed by atoms with Crippen LogP contribution >= 0.6 is 0 Å². The van der Waals surface area contributed by atoms with Gasteiger partial charge in [-0.2, -0.15) is 0 Å². The fraction of sp³-hybridized carbons (Fsp3) is 0. The van der Waals surface area contributed by atoms with Crippen LogP contribution in [0.1, 0.15) is 0 Å². The molecule has 0 amide bonds. The fourth-order valence-corrected chi connectivity index (χ4v) is 6.25. The van der Waals surface area contributed by atoms with Gasteiger partial charge >= 0.3 is 0 Å². The van der Waals surface area contributed by atoms with Gasteiger partial charge in [-0.25, -0.2) is 0 Å². The summed E-state index contributed by atoms with van der Waals surface area (Å²) in [7, 11) is 0. The molecule has 0 saturated carbocycles. The minimum absolute atomic E-state index is 1.16. The Morgan fingerprint density at radius 3 is 1.21 bits per heavy atom. The predicted octanol–water partition coefficient (Wildman–Crippen LogP) is 9.82. The predicted molar refractivity (Wildman–Crippen MR) is 164 cm³/mol. The Morgan fingerprint density at radius 2 is 0.744 bits per heavy atom. The maximum absolute atomic E-state index is 4.26. The highest BCUT2D eigenvalue weighted by atomic mass is 15.0. The lowest BCUT2D eigenvalue weighted by Gasteiger charge is -2.18. The summed E-state index contributed by atoms with van der Waals surface area (Å²) in [4.78, 5) is 4.26. The first-order chi connectivity index (χ1) is 19.4. The first-order valence-electron chi connectivity index (χ1n) is 13.3. The Hall–Kier alpha value is -5.21. The summed E-state index contributed by atoms with van der Waals surface area (Å²) in [6.07, 6.45) is 3.75. The molecule has 0 bridgehead atoms. The lowest BCUT2D eigenvalue weighted by Crippen LogP contribution is -1.94. The number of benzene rings is 6. The van der Waals surface area contributed by atoms with Crippen LogP contribution in [0.25, 0.3) is 71.3 Å². The summed E-state index contributed by atoms with van der Waals surface area (Å²) in [5.41, 5.74) is 8.55. The van der Waals surface area contributed by atoms with E-state index in [1.165, 1.54) is 65.6 Å². The SMILES string of the molecule is c1ccc2c(-c3ccc(-n4c5ccccc5c5ccccc54)cc3)c3ccccc3c(-c3ccncc3)c2c1. The third-order valence-corrected chi connectivity index (χ3v) is 7.89. The van der Waals surface area contributed by atoms with Crippen LogP contribution in [0.4, 0.5) is 0 Å². The van der Waals surface area contributed by atoms with Gasteiger partial charge < -0.3 is 4.57 Å². The molecule has 0 aliphatic heterocycles. The molecular formula is C37H24N2. The number of para-hydroxylation sites is 2. The summed E-state index contributed by atoms with van der Waals surface area (Å²) in [6, 6.07) is 48.2. The van der Waals surface area contributed by atoms with E-state index in [0.29, 0.717) is 0 Å². The first kappa shape index (κ1) is 21.8. The molecule has 39 heavy (non-hydrogen) atoms. The molecule has 0 spiro atoms. The molecule has 0 unspecified atom stereocenters. The van der Waals surface area contributed by atoms with Crippen LogP contribution in [-0.4, -0.2) is 9.55 Å². The van der Waals surface area contributed by atoms with E-state index in [1.54, 1.807) is 0 Å². The third kappa shape index (κ3) is 3.32. The summed E-state index contributed by atoms with van der Waals surface area (Å²) < 4.78 is 2.37. The number of nitrogens with zero attached hydrogens (tertiary/aromatic N) is 2. The molecule has 2 nitrogen and oxygen atoms in total. The second-order valence-corrected chi connectivity index (χ2v) is 9.99. The van der Waals surface area contributed by atoms with Crippen molar-refractivity contribution in [3.63, 3.8) is 0 Å². The lowest BCUT2D eigenvalue weighted by atomic mass is 9.86. The molecule has 2 aromatic heterocycles. The van der Waals surface area contributed by atoms with Gasteiger partial charge in [-0.1, -0.05) is 97.1 Å². The van der Waals surface area contributed by atoms with Crippen LogP contribution in [0.15, 0.2) is 146 Å². The van der Waals surface area contributed by atoms with Gasteiger partial charge in [0, 0.05) is 28.9 Å². The van der Waals surface area contributed by atoms with Crippen molar-refractivity contribution in [1.82, 2.24) is 9.55 Å². The van der Waals surface area contributed by atoms with Crippen molar-refractivity contribution in [3.8, 4) is 27.9 Å². The molecule has 2 heterocycles. The molecule has 8 aromatic rings. The van der Waals surface area contributed by atoms with Crippen molar-refractivity contribution in [2.75, 3.05) is 0 Å². The van der Waals surface area contributed by atoms with E-state index in [9.17, 15) is 0 Å². The zero-order chi connectivity index (χ0) is 25.8. The standard InChI is InChI=1S/C37H24N2/c1-3-13-32-30(11-1)36(31-12-2-4-14-33(31)37(32)26-21-23-38-24-22-26)25-17-19-27(20-18-25)39-34-15-7-5-9-28(34)29-10-6-8-16-35(29)39/h1-24H. The zero-order valence-electron chi connectivity index (χ0n) is 21.3. The van der Waals surface area contributed by atoms with Gasteiger partial charge in [-0.3, -0.25) is 4.98 Å². The van der Waals surface area contributed by atoms with Crippen LogP contribution in [0, 0.1) is 0 Å². The lowest BCUT2D eigenvalue weighted by molar-refractivity contribution is 1.18. The topological polar surface area (TPSA) is 17.8 Å². The Kier molecular flexibility index (Phi) is 4.86. The third-order valence-electron chi connectivity index (χ3n) is 7.89. The molecule has 2 heteroatoms. The summed E-state index contributed by atoms with van der Waals surface area (Å²) in [6.45, 7) is 0. The maximum atomic E-state index is 4.26. The van der Waals surface area contributed by atoms with Crippen LogP contribution in [0.2, 0.25) is 0 Å². The maximum Gasteiger partial charge on any atom is 0.0541 e. The molecule has 0 atom stereocenters. The number of fused-ring (bicyclic) bond motifs is 5. The minimum Gasteiger partial charge on any atom is -0.309 e. The summed E-state index contributed by atoms with van der Waals surface area (Å²) >= 11 is 0. The second-order valence-electron chi connectivity index (χ2n) is 9.99. The van der Waals surface area contributed by atoms with E-state index >= 15 is 0 Å². The number of rotatable bonds is 3. The largest absolute Gasteiger partial charge is 0.309 e. The normalized spacial score (nSPS) is 11.6. The van der Waals surface area contributed by atoms with Gasteiger partial charge in [0.1, 0.15) is 0 Å². The molecule has 0 N–H and O–H groups in total. The number of hydrogen-bond acceptors (Lipinski definition) is 1. The van der Waals surface area contributed by atoms with E-state index in [4.69, 9.17) is 0 Å². The smallest absolute Gasteiger partial charge is 0.0541 e. The Labute approximate surface area is 226 Å². The van der Waals surface area contributed by atoms with Crippen molar-refractivity contribution in [2.24, 2.45) is 0 Å². The Balaban J connectivity index is 1.38. The van der Waals surface area contributed by atoms with Crippen molar-refractivity contribution in [1.29, 1.82) is 0 Å². The van der Waals surface area contributed by atoms with E-state index in [-0.39, 0.29) is 0 Å². The summed E-state index contributed by atoms with van der Waals surface area (Å²) in [5, 5.41) is 7.58. The van der Waals surface area contributed by atoms with Crippen LogP contribution < -0.4 is 0 Å². The van der Waals surface area contributed by atoms with Gasteiger partial charge in [0.05, 0.1) is 11.0 Å². The first-order valence-corrected chi connectivity index (χ1v) is 13.3. The van der Waals surface area contributed by atoms with Gasteiger partial charge in [0.2, 0.25) is 0 Å². The molecule has 6 aromatic carbocycles. The quantitative estimate of drug-likeness (QED) is 0.223. The fourth-order valence-electron chi connectivity index (χ4n) is 6.25. The molecule has 0 fully saturated rings. The minimum atomic E-state index is 1.16. The van der Waals surface area contributed by atoms with Crippen molar-refractivity contribution >= 4 is 43.4 Å². The second kappa shape index (κ2) is 8.68. The van der Waals surface area contributed by atoms with E-state index in [1.807, 2.05) is 12.4 Å². The average molecular weight is 497 g/mol. The van der Waals surface area contributed by atoms with E-state index < -0.39 is 0 Å². The van der Waals surface area contributed by atoms with Gasteiger partial charge in [0.25, 0.3) is 0 Å². The van der Waals surface area contributed by atoms with Crippen molar-refractivity contribution < 1.29 is 0 Å². The molecule has 0 radical (unpaired) electrons. The average Bonchev–Trinajstić information content (AvgIpc) is 3.35. The highest BCUT2D eigenvalue weighted by molar-refractivity contribution is 6.21. The Bertz CT molecular complexity index is 2040. The van der Waals surface area contributed by atoms with Gasteiger partial charge in [-0.15, -0.1) is 0 Å².